The van der Waals surface area contributed by atoms with E-state index in [-0.39, 0.29) is 29.8 Å². The zero-order valence-electron chi connectivity index (χ0n) is 13.0. The molecule has 3 rings (SSSR count). The van der Waals surface area contributed by atoms with Crippen LogP contribution in [0.25, 0.3) is 0 Å². The van der Waals surface area contributed by atoms with E-state index in [1.165, 1.54) is 12.8 Å². The van der Waals surface area contributed by atoms with Crippen LogP contribution in [0.1, 0.15) is 53.4 Å². The van der Waals surface area contributed by atoms with Gasteiger partial charge in [-0.2, -0.15) is 0 Å². The normalized spacial score (nSPS) is 36.2. The van der Waals surface area contributed by atoms with Gasteiger partial charge in [0.15, 0.2) is 0 Å². The van der Waals surface area contributed by atoms with Crippen LogP contribution in [0, 0.1) is 17.8 Å². The molecule has 0 bridgehead atoms. The maximum absolute atomic E-state index is 13.1. The minimum absolute atomic E-state index is 0.0431. The number of carbonyl (C=O) groups is 2. The smallest absolute Gasteiger partial charge is 0.249 e. The van der Waals surface area contributed by atoms with Crippen molar-refractivity contribution in [1.29, 1.82) is 0 Å². The van der Waals surface area contributed by atoms with Gasteiger partial charge >= 0.3 is 0 Å². The van der Waals surface area contributed by atoms with Gasteiger partial charge in [-0.25, -0.2) is 0 Å². The first kappa shape index (κ1) is 13.9. The summed E-state index contributed by atoms with van der Waals surface area (Å²) in [6, 6.07) is -0.107. The lowest BCUT2D eigenvalue weighted by Gasteiger charge is -2.48. The molecular weight excluding hydrogens is 252 g/mol. The fourth-order valence-electron chi connectivity index (χ4n) is 3.71. The van der Waals surface area contributed by atoms with Gasteiger partial charge in [0.25, 0.3) is 0 Å². The molecule has 1 heterocycles. The third-order valence-electron chi connectivity index (χ3n) is 5.40. The molecule has 3 unspecified atom stereocenters. The molecule has 1 N–H and O–H groups in total. The van der Waals surface area contributed by atoms with Crippen LogP contribution in [0.3, 0.4) is 0 Å². The van der Waals surface area contributed by atoms with Crippen molar-refractivity contribution >= 4 is 11.8 Å². The highest BCUT2D eigenvalue weighted by molar-refractivity contribution is 6.00. The average Bonchev–Trinajstić information content (AvgIpc) is 3.24. The molecule has 0 aromatic carbocycles. The second kappa shape index (κ2) is 4.47. The summed E-state index contributed by atoms with van der Waals surface area (Å²) in [6.07, 6.45) is 4.50. The number of carbonyl (C=O) groups excluding carboxylic acids is 2. The van der Waals surface area contributed by atoms with Gasteiger partial charge in [0.1, 0.15) is 11.6 Å². The molecule has 2 saturated carbocycles. The van der Waals surface area contributed by atoms with Crippen LogP contribution in [0.15, 0.2) is 0 Å². The van der Waals surface area contributed by atoms with Gasteiger partial charge in [0.05, 0.1) is 0 Å². The highest BCUT2D eigenvalue weighted by atomic mass is 16.2. The molecule has 3 atom stereocenters. The fourth-order valence-corrected chi connectivity index (χ4v) is 3.71. The fraction of sp³-hybridized carbons (Fsp3) is 0.875. The summed E-state index contributed by atoms with van der Waals surface area (Å²) in [4.78, 5) is 27.6. The van der Waals surface area contributed by atoms with Crippen LogP contribution >= 0.6 is 0 Å². The van der Waals surface area contributed by atoms with Crippen molar-refractivity contribution < 1.29 is 9.59 Å². The van der Waals surface area contributed by atoms with E-state index in [1.807, 2.05) is 25.7 Å². The summed E-state index contributed by atoms with van der Waals surface area (Å²) in [6.45, 7) is 8.11. The van der Waals surface area contributed by atoms with Crippen LogP contribution < -0.4 is 5.32 Å². The first-order valence-electron chi connectivity index (χ1n) is 8.01. The molecule has 4 nitrogen and oxygen atoms in total. The molecule has 2 amide bonds. The molecule has 4 heteroatoms. The summed E-state index contributed by atoms with van der Waals surface area (Å²) < 4.78 is 0. The quantitative estimate of drug-likeness (QED) is 0.854. The molecule has 0 aromatic heterocycles. The Morgan fingerprint density at radius 3 is 2.20 bits per heavy atom. The Kier molecular flexibility index (Phi) is 3.11. The first-order valence-corrected chi connectivity index (χ1v) is 8.01. The summed E-state index contributed by atoms with van der Waals surface area (Å²) in [5.74, 6) is 1.28. The Hall–Kier alpha value is -1.06. The molecule has 3 aliphatic rings. The predicted molar refractivity (Wildman–Crippen MR) is 76.9 cm³/mol. The van der Waals surface area contributed by atoms with E-state index in [0.717, 1.165) is 12.8 Å². The van der Waals surface area contributed by atoms with Crippen LogP contribution in [-0.4, -0.2) is 34.3 Å². The molecule has 1 saturated heterocycles. The van der Waals surface area contributed by atoms with E-state index in [2.05, 4.69) is 12.2 Å². The number of hydrogen-bond donors (Lipinski definition) is 1. The maximum Gasteiger partial charge on any atom is 0.249 e. The van der Waals surface area contributed by atoms with Gasteiger partial charge in [0, 0.05) is 6.04 Å². The van der Waals surface area contributed by atoms with Gasteiger partial charge in [-0.1, -0.05) is 13.8 Å². The van der Waals surface area contributed by atoms with Crippen LogP contribution in [0.2, 0.25) is 0 Å². The van der Waals surface area contributed by atoms with Crippen molar-refractivity contribution in [2.75, 3.05) is 0 Å². The molecule has 2 aliphatic carbocycles. The van der Waals surface area contributed by atoms with Crippen molar-refractivity contribution in [3.8, 4) is 0 Å². The molecule has 1 aliphatic heterocycles. The lowest BCUT2D eigenvalue weighted by atomic mass is 9.85. The molecule has 0 spiro atoms. The third kappa shape index (κ3) is 2.04. The number of nitrogens with one attached hydrogen (secondary N) is 1. The number of piperazine rings is 1. The first-order chi connectivity index (χ1) is 9.36. The lowest BCUT2D eigenvalue weighted by molar-refractivity contribution is -0.160. The number of rotatable bonds is 4. The van der Waals surface area contributed by atoms with E-state index < -0.39 is 5.54 Å². The summed E-state index contributed by atoms with van der Waals surface area (Å²) >= 11 is 0. The van der Waals surface area contributed by atoms with Crippen molar-refractivity contribution in [3.63, 3.8) is 0 Å². The van der Waals surface area contributed by atoms with Crippen molar-refractivity contribution in [3.05, 3.63) is 0 Å². The van der Waals surface area contributed by atoms with E-state index in [1.54, 1.807) is 0 Å². The van der Waals surface area contributed by atoms with E-state index in [0.29, 0.717) is 11.8 Å². The minimum atomic E-state index is -0.661. The average molecular weight is 278 g/mol. The predicted octanol–water partition coefficient (Wildman–Crippen LogP) is 1.94. The maximum atomic E-state index is 13.1. The molecule has 20 heavy (non-hydrogen) atoms. The van der Waals surface area contributed by atoms with Crippen LogP contribution in [0.4, 0.5) is 0 Å². The standard InChI is InChI=1S/C16H26N2O2/c1-9(2)13-14(19)17-16(4,12-7-8-12)15(20)18(13)10(3)11-5-6-11/h9-13H,5-8H2,1-4H3,(H,17,19). The monoisotopic (exact) mass is 278 g/mol. The Morgan fingerprint density at radius 2 is 1.75 bits per heavy atom. The minimum Gasteiger partial charge on any atom is -0.340 e. The van der Waals surface area contributed by atoms with Crippen molar-refractivity contribution in [2.24, 2.45) is 17.8 Å². The lowest BCUT2D eigenvalue weighted by Crippen LogP contribution is -2.72. The van der Waals surface area contributed by atoms with Crippen LogP contribution in [-0.2, 0) is 9.59 Å². The largest absolute Gasteiger partial charge is 0.340 e. The van der Waals surface area contributed by atoms with Crippen molar-refractivity contribution in [2.45, 2.75) is 71.0 Å². The van der Waals surface area contributed by atoms with Crippen molar-refractivity contribution in [1.82, 2.24) is 10.2 Å². The Morgan fingerprint density at radius 1 is 1.15 bits per heavy atom. The number of hydrogen-bond acceptors (Lipinski definition) is 2. The Balaban J connectivity index is 1.93. The molecule has 3 fully saturated rings. The third-order valence-corrected chi connectivity index (χ3v) is 5.40. The molecule has 112 valence electrons. The summed E-state index contributed by atoms with van der Waals surface area (Å²) in [5, 5.41) is 3.05. The van der Waals surface area contributed by atoms with Gasteiger partial charge in [0.2, 0.25) is 11.8 Å². The second-order valence-corrected chi connectivity index (χ2v) is 7.45. The van der Waals surface area contributed by atoms with Gasteiger partial charge in [-0.05, 0) is 57.3 Å². The summed E-state index contributed by atoms with van der Waals surface area (Å²) in [7, 11) is 0. The van der Waals surface area contributed by atoms with Gasteiger partial charge < -0.3 is 10.2 Å². The number of amides is 2. The van der Waals surface area contributed by atoms with Gasteiger partial charge in [-0.3, -0.25) is 9.59 Å². The SMILES string of the molecule is CC(C)C1C(=O)NC(C)(C2CC2)C(=O)N1C(C)C1CC1. The molecular formula is C16H26N2O2. The highest BCUT2D eigenvalue weighted by Crippen LogP contribution is 2.45. The zero-order chi connectivity index (χ0) is 14.7. The van der Waals surface area contributed by atoms with E-state index >= 15 is 0 Å². The van der Waals surface area contributed by atoms with E-state index in [9.17, 15) is 9.59 Å². The Labute approximate surface area is 121 Å². The zero-order valence-corrected chi connectivity index (χ0v) is 13.0. The second-order valence-electron chi connectivity index (χ2n) is 7.45. The number of nitrogens with zero attached hydrogens (tertiary/aromatic N) is 1. The topological polar surface area (TPSA) is 49.4 Å². The van der Waals surface area contributed by atoms with E-state index in [4.69, 9.17) is 0 Å². The summed E-state index contributed by atoms with van der Waals surface area (Å²) in [5.41, 5.74) is -0.661. The molecule has 0 aromatic rings. The van der Waals surface area contributed by atoms with Crippen LogP contribution in [0.5, 0.6) is 0 Å². The highest BCUT2D eigenvalue weighted by Gasteiger charge is 2.57. The Bertz CT molecular complexity index is 440. The van der Waals surface area contributed by atoms with Gasteiger partial charge in [-0.15, -0.1) is 0 Å². The molecule has 0 radical (unpaired) electrons.